The van der Waals surface area contributed by atoms with Crippen molar-refractivity contribution in [2.24, 2.45) is 0 Å². The molecule has 0 aliphatic rings. The van der Waals surface area contributed by atoms with Crippen molar-refractivity contribution in [2.45, 2.75) is 13.0 Å². The molecule has 150 valence electrons. The van der Waals surface area contributed by atoms with Gasteiger partial charge in [0.2, 0.25) is 5.91 Å². The maximum absolute atomic E-state index is 13.1. The van der Waals surface area contributed by atoms with Crippen molar-refractivity contribution in [1.29, 1.82) is 0 Å². The monoisotopic (exact) mass is 417 g/mol. The van der Waals surface area contributed by atoms with Crippen LogP contribution < -0.4 is 15.4 Å². The van der Waals surface area contributed by atoms with E-state index in [1.54, 1.807) is 31.2 Å². The summed E-state index contributed by atoms with van der Waals surface area (Å²) in [6.07, 6.45) is 2.82. The van der Waals surface area contributed by atoms with E-state index in [0.717, 1.165) is 6.07 Å². The highest BCUT2D eigenvalue weighted by Gasteiger charge is 2.15. The molecule has 3 rings (SSSR count). The summed E-state index contributed by atoms with van der Waals surface area (Å²) in [5, 5.41) is 9.27. The van der Waals surface area contributed by atoms with Crippen LogP contribution in [-0.4, -0.2) is 33.2 Å². The first kappa shape index (κ1) is 20.3. The molecule has 1 aromatic heterocycles. The van der Waals surface area contributed by atoms with Crippen LogP contribution in [0.1, 0.15) is 13.0 Å². The molecule has 0 saturated heterocycles. The van der Waals surface area contributed by atoms with Crippen molar-refractivity contribution in [3.05, 3.63) is 66.0 Å². The van der Waals surface area contributed by atoms with Gasteiger partial charge in [-0.05, 0) is 43.3 Å². The van der Waals surface area contributed by atoms with Crippen molar-refractivity contribution < 1.29 is 18.7 Å². The lowest BCUT2D eigenvalue weighted by atomic mass is 10.2. The highest BCUT2D eigenvalue weighted by Crippen LogP contribution is 2.21. The minimum Gasteiger partial charge on any atom is -0.484 e. The summed E-state index contributed by atoms with van der Waals surface area (Å²) in [4.78, 5) is 28.0. The van der Waals surface area contributed by atoms with Gasteiger partial charge < -0.3 is 15.4 Å². The molecule has 0 aliphatic carbocycles. The van der Waals surface area contributed by atoms with Crippen LogP contribution in [-0.2, 0) is 9.59 Å². The number of hydrogen-bond acceptors (Lipinski definition) is 5. The Bertz CT molecular complexity index is 996. The molecule has 0 bridgehead atoms. The Morgan fingerprint density at radius 1 is 1.17 bits per heavy atom. The molecule has 2 N–H and O–H groups in total. The minimum absolute atomic E-state index is 0.0846. The SMILES string of the molecule is CC(C(=O)Nc1ccc(NC(=O)COc2ccc(F)c(Cl)c2)cc1)n1cncn1. The summed E-state index contributed by atoms with van der Waals surface area (Å²) < 4.78 is 19.8. The first-order valence-electron chi connectivity index (χ1n) is 8.55. The number of carbonyl (C=O) groups excluding carboxylic acids is 2. The maximum atomic E-state index is 13.1. The molecule has 0 saturated carbocycles. The molecule has 29 heavy (non-hydrogen) atoms. The van der Waals surface area contributed by atoms with E-state index >= 15 is 0 Å². The zero-order chi connectivity index (χ0) is 20.8. The molecule has 3 aromatic rings. The molecule has 0 spiro atoms. The molecular weight excluding hydrogens is 401 g/mol. The standard InChI is InChI=1S/C19H17ClFN5O3/c1-12(26-11-22-10-23-26)19(28)25-14-4-2-13(3-5-14)24-18(27)9-29-15-6-7-17(21)16(20)8-15/h2-8,10-12H,9H2,1H3,(H,24,27)(H,25,28). The molecule has 8 nitrogen and oxygen atoms in total. The normalized spacial score (nSPS) is 11.6. The molecule has 2 aromatic carbocycles. The Morgan fingerprint density at radius 2 is 1.86 bits per heavy atom. The highest BCUT2D eigenvalue weighted by molar-refractivity contribution is 6.30. The Morgan fingerprint density at radius 3 is 2.48 bits per heavy atom. The van der Waals surface area contributed by atoms with Gasteiger partial charge in [-0.3, -0.25) is 9.59 Å². The van der Waals surface area contributed by atoms with Crippen LogP contribution in [0.15, 0.2) is 55.1 Å². The molecule has 1 unspecified atom stereocenters. The Labute approximate surface area is 170 Å². The molecule has 0 radical (unpaired) electrons. The van der Waals surface area contributed by atoms with Gasteiger partial charge in [0, 0.05) is 17.4 Å². The average Bonchev–Trinajstić information content (AvgIpc) is 3.24. The third-order valence-electron chi connectivity index (χ3n) is 3.91. The van der Waals surface area contributed by atoms with Gasteiger partial charge in [0.05, 0.1) is 5.02 Å². The van der Waals surface area contributed by atoms with Crippen molar-refractivity contribution in [3.63, 3.8) is 0 Å². The van der Waals surface area contributed by atoms with Gasteiger partial charge in [0.15, 0.2) is 6.61 Å². The Kier molecular flexibility index (Phi) is 6.40. The Hall–Kier alpha value is -3.46. The number of rotatable bonds is 7. The second kappa shape index (κ2) is 9.16. The van der Waals surface area contributed by atoms with Crippen LogP contribution >= 0.6 is 11.6 Å². The van der Waals surface area contributed by atoms with Crippen molar-refractivity contribution in [1.82, 2.24) is 14.8 Å². The van der Waals surface area contributed by atoms with Crippen molar-refractivity contribution >= 4 is 34.8 Å². The lowest BCUT2D eigenvalue weighted by Crippen LogP contribution is -2.24. The lowest BCUT2D eigenvalue weighted by molar-refractivity contribution is -0.119. The fraction of sp³-hybridized carbons (Fsp3) is 0.158. The number of nitrogens with zero attached hydrogens (tertiary/aromatic N) is 3. The summed E-state index contributed by atoms with van der Waals surface area (Å²) >= 11 is 5.66. The van der Waals surface area contributed by atoms with Crippen LogP contribution in [0.3, 0.4) is 0 Å². The number of hydrogen-bond donors (Lipinski definition) is 2. The van der Waals surface area contributed by atoms with Gasteiger partial charge in [-0.1, -0.05) is 11.6 Å². The average molecular weight is 418 g/mol. The predicted molar refractivity (Wildman–Crippen MR) is 105 cm³/mol. The van der Waals surface area contributed by atoms with E-state index in [0.29, 0.717) is 11.4 Å². The van der Waals surface area contributed by atoms with Crippen LogP contribution in [0.5, 0.6) is 5.75 Å². The van der Waals surface area contributed by atoms with Crippen LogP contribution in [0.4, 0.5) is 15.8 Å². The minimum atomic E-state index is -0.564. The number of halogens is 2. The summed E-state index contributed by atoms with van der Waals surface area (Å²) in [7, 11) is 0. The van der Waals surface area contributed by atoms with Gasteiger partial charge in [-0.25, -0.2) is 14.1 Å². The molecule has 10 heteroatoms. The van der Waals surface area contributed by atoms with E-state index in [9.17, 15) is 14.0 Å². The van der Waals surface area contributed by atoms with E-state index in [2.05, 4.69) is 20.7 Å². The van der Waals surface area contributed by atoms with Gasteiger partial charge in [-0.15, -0.1) is 0 Å². The predicted octanol–water partition coefficient (Wildman–Crippen LogP) is 3.29. The number of anilines is 2. The van der Waals surface area contributed by atoms with Gasteiger partial charge in [-0.2, -0.15) is 5.10 Å². The number of ether oxygens (including phenoxy) is 1. The topological polar surface area (TPSA) is 98.1 Å². The van der Waals surface area contributed by atoms with Gasteiger partial charge in [0.25, 0.3) is 5.91 Å². The van der Waals surface area contributed by atoms with Gasteiger partial charge >= 0.3 is 0 Å². The Balaban J connectivity index is 1.50. The van der Waals surface area contributed by atoms with E-state index < -0.39 is 17.8 Å². The first-order valence-corrected chi connectivity index (χ1v) is 8.93. The quantitative estimate of drug-likeness (QED) is 0.614. The summed E-state index contributed by atoms with van der Waals surface area (Å²) in [6, 6.07) is 9.91. The van der Waals surface area contributed by atoms with Gasteiger partial charge in [0.1, 0.15) is 30.3 Å². The largest absolute Gasteiger partial charge is 0.484 e. The lowest BCUT2D eigenvalue weighted by Gasteiger charge is -2.12. The molecule has 2 amide bonds. The highest BCUT2D eigenvalue weighted by atomic mass is 35.5. The van der Waals surface area contributed by atoms with Crippen LogP contribution in [0.2, 0.25) is 5.02 Å². The fourth-order valence-corrected chi connectivity index (χ4v) is 2.50. The number of aromatic nitrogens is 3. The van der Waals surface area contributed by atoms with Crippen molar-refractivity contribution in [3.8, 4) is 5.75 Å². The molecule has 1 heterocycles. The van der Waals surface area contributed by atoms with E-state index in [1.807, 2.05) is 0 Å². The first-order chi connectivity index (χ1) is 13.9. The maximum Gasteiger partial charge on any atom is 0.262 e. The zero-order valence-corrected chi connectivity index (χ0v) is 16.1. The second-order valence-corrected chi connectivity index (χ2v) is 6.44. The van der Waals surface area contributed by atoms with Crippen LogP contribution in [0.25, 0.3) is 0 Å². The third-order valence-corrected chi connectivity index (χ3v) is 4.20. The number of amides is 2. The molecule has 0 aliphatic heterocycles. The number of nitrogens with one attached hydrogen (secondary N) is 2. The van der Waals surface area contributed by atoms with Crippen molar-refractivity contribution in [2.75, 3.05) is 17.2 Å². The fourth-order valence-electron chi connectivity index (χ4n) is 2.33. The summed E-state index contributed by atoms with van der Waals surface area (Å²) in [6.45, 7) is 1.43. The second-order valence-electron chi connectivity index (χ2n) is 6.03. The number of carbonyl (C=O) groups is 2. The summed E-state index contributed by atoms with van der Waals surface area (Å²) in [5.41, 5.74) is 1.09. The smallest absolute Gasteiger partial charge is 0.262 e. The molecule has 0 fully saturated rings. The van der Waals surface area contributed by atoms with Crippen LogP contribution in [0, 0.1) is 5.82 Å². The molecule has 1 atom stereocenters. The third kappa shape index (κ3) is 5.52. The summed E-state index contributed by atoms with van der Waals surface area (Å²) in [5.74, 6) is -0.932. The van der Waals surface area contributed by atoms with E-state index in [1.165, 1.54) is 29.5 Å². The van der Waals surface area contributed by atoms with E-state index in [4.69, 9.17) is 16.3 Å². The zero-order valence-electron chi connectivity index (χ0n) is 15.3. The molecular formula is C19H17ClFN5O3. The van der Waals surface area contributed by atoms with E-state index in [-0.39, 0.29) is 23.3 Å². The number of benzene rings is 2.